The van der Waals surface area contributed by atoms with Crippen molar-refractivity contribution in [2.24, 2.45) is 0 Å². The zero-order valence-corrected chi connectivity index (χ0v) is 49.3. The number of carbonyl (C=O) groups is 1. The number of benzene rings is 4. The van der Waals surface area contributed by atoms with E-state index in [1.54, 1.807) is 59.6 Å². The Balaban J connectivity index is 0.000000530. The molecule has 0 saturated heterocycles. The third-order valence-electron chi connectivity index (χ3n) is 9.15. The van der Waals surface area contributed by atoms with Crippen LogP contribution in [0, 0.1) is 0 Å². The monoisotopic (exact) mass is 1090 g/mol. The molecule has 0 spiro atoms. The minimum Gasteiger partial charge on any atom is -1.00 e. The van der Waals surface area contributed by atoms with Crippen LogP contribution in [0.4, 0.5) is 21.6 Å². The predicted molar refractivity (Wildman–Crippen MR) is 264 cm³/mol. The number of nitrogens with two attached hydrogens (primary N) is 1. The van der Waals surface area contributed by atoms with Gasteiger partial charge in [-0.05, 0) is 110 Å². The van der Waals surface area contributed by atoms with E-state index in [0.29, 0.717) is 52.6 Å². The van der Waals surface area contributed by atoms with Crippen LogP contribution in [0.5, 0.6) is 11.5 Å². The number of hydrogen-bond acceptors (Lipinski definition) is 15. The second-order valence-electron chi connectivity index (χ2n) is 14.5. The third-order valence-corrected chi connectivity index (χ3v) is 12.9. The molecular formula is C44H48Cl3FK2N10O7P2. The van der Waals surface area contributed by atoms with E-state index in [2.05, 4.69) is 40.1 Å². The topological polar surface area (TPSA) is 227 Å². The van der Waals surface area contributed by atoms with Crippen molar-refractivity contribution in [3.05, 3.63) is 137 Å². The van der Waals surface area contributed by atoms with Crippen LogP contribution in [-0.4, -0.2) is 93.5 Å². The van der Waals surface area contributed by atoms with Gasteiger partial charge in [-0.3, -0.25) is 9.18 Å². The summed E-state index contributed by atoms with van der Waals surface area (Å²) in [6.45, 7) is 7.92. The first kappa shape index (κ1) is 60.4. The van der Waals surface area contributed by atoms with Crippen molar-refractivity contribution in [1.29, 1.82) is 0 Å². The maximum atomic E-state index is 12.7. The maximum Gasteiger partial charge on any atom is 1.00 e. The third kappa shape index (κ3) is 18.6. The van der Waals surface area contributed by atoms with E-state index in [-0.39, 0.29) is 126 Å². The van der Waals surface area contributed by atoms with Crippen molar-refractivity contribution in [3.63, 3.8) is 0 Å². The number of imidazole rings is 2. The summed E-state index contributed by atoms with van der Waals surface area (Å²) in [6.07, 6.45) is 3.38. The van der Waals surface area contributed by atoms with E-state index >= 15 is 0 Å². The minimum atomic E-state index is -2.49. The minimum absolute atomic E-state index is 0. The van der Waals surface area contributed by atoms with Gasteiger partial charge in [0.05, 0.1) is 54.2 Å². The summed E-state index contributed by atoms with van der Waals surface area (Å²) >= 11 is 18.0. The second kappa shape index (κ2) is 30.2. The Morgan fingerprint density at radius 3 is 1.58 bits per heavy atom. The smallest absolute Gasteiger partial charge is 1.00 e. The quantitative estimate of drug-likeness (QED) is 0.0277. The van der Waals surface area contributed by atoms with E-state index in [0.717, 1.165) is 33.2 Å². The molecule has 0 saturated carbocycles. The molecule has 0 radical (unpaired) electrons. The molecule has 69 heavy (non-hydrogen) atoms. The zero-order chi connectivity index (χ0) is 50.0. The average molecular weight is 1100 g/mol. The van der Waals surface area contributed by atoms with Gasteiger partial charge in [0, 0.05) is 16.3 Å². The summed E-state index contributed by atoms with van der Waals surface area (Å²) in [6, 6.07) is 30.3. The SMILES string of the molecule is COc1ccc(Cn2cnc3c(Cl)nc(Cl)nc32)cc1.COc1ccc(Cn2cnc3c(Nc4ccccc4P(C)(C)=O)nc(Cl)nc32)cc1.CP(C)(=O)c1ccccc1N.O=CO[O-].[2H]CF.[H-].[K+].[K+]. The van der Waals surface area contributed by atoms with Gasteiger partial charge in [-0.2, -0.15) is 15.0 Å². The molecule has 4 aromatic heterocycles. The maximum absolute atomic E-state index is 12.7. The molecule has 0 aliphatic rings. The Kier molecular flexibility index (Phi) is 26.5. The summed E-state index contributed by atoms with van der Waals surface area (Å²) in [5, 5.41) is 13.7. The Labute approximate surface area is 501 Å². The number of rotatable bonds is 11. The van der Waals surface area contributed by atoms with Gasteiger partial charge in [0.15, 0.2) is 27.8 Å². The first-order chi connectivity index (χ1) is 32.4. The Morgan fingerprint density at radius 2 is 1.14 bits per heavy atom. The summed E-state index contributed by atoms with van der Waals surface area (Å²) in [4.78, 5) is 36.7. The summed E-state index contributed by atoms with van der Waals surface area (Å²) in [5.41, 5.74) is 11.5. The molecule has 4 aromatic carbocycles. The zero-order valence-electron chi connectivity index (χ0n) is 41.0. The molecule has 0 aliphatic heterocycles. The fourth-order valence-corrected chi connectivity index (χ4v) is 9.01. The van der Waals surface area contributed by atoms with Gasteiger partial charge in [0.25, 0.3) is 6.47 Å². The number of para-hydroxylation sites is 2. The molecule has 17 nitrogen and oxygen atoms in total. The molecule has 8 aromatic rings. The van der Waals surface area contributed by atoms with Gasteiger partial charge in [-0.25, -0.2) is 15.0 Å². The number of halogens is 4. The largest absolute Gasteiger partial charge is 1.00 e. The van der Waals surface area contributed by atoms with Crippen LogP contribution in [0.2, 0.25) is 15.7 Å². The number of fused-ring (bicyclic) bond motifs is 2. The van der Waals surface area contributed by atoms with Crippen LogP contribution < -0.4 is 139 Å². The molecule has 356 valence electrons. The Hall–Kier alpha value is -2.86. The van der Waals surface area contributed by atoms with Crippen LogP contribution in [0.1, 0.15) is 13.9 Å². The molecule has 0 aliphatic carbocycles. The van der Waals surface area contributed by atoms with Crippen molar-refractivity contribution in [1.82, 2.24) is 39.0 Å². The first-order valence-electron chi connectivity index (χ1n) is 20.1. The number of methoxy groups -OCH3 is 2. The summed E-state index contributed by atoms with van der Waals surface area (Å²) in [7, 11) is -2.39. The van der Waals surface area contributed by atoms with E-state index in [1.165, 1.54) is 0 Å². The fourth-order valence-electron chi connectivity index (χ4n) is 6.13. The summed E-state index contributed by atoms with van der Waals surface area (Å²) < 4.78 is 53.9. The number of nitrogens with zero attached hydrogens (tertiary/aromatic N) is 8. The van der Waals surface area contributed by atoms with Gasteiger partial charge in [0.2, 0.25) is 10.6 Å². The molecular weight excluding hydrogens is 1050 g/mol. The molecule has 0 amide bonds. The normalized spacial score (nSPS) is 10.6. The van der Waals surface area contributed by atoms with Crippen LogP contribution in [0.25, 0.3) is 22.3 Å². The van der Waals surface area contributed by atoms with Crippen LogP contribution in [0.3, 0.4) is 0 Å². The number of alkyl halides is 1. The molecule has 25 heteroatoms. The van der Waals surface area contributed by atoms with E-state index < -0.39 is 21.4 Å². The van der Waals surface area contributed by atoms with Crippen LogP contribution in [-0.2, 0) is 31.9 Å². The van der Waals surface area contributed by atoms with E-state index in [1.807, 2.05) is 100 Å². The molecule has 0 bridgehead atoms. The van der Waals surface area contributed by atoms with Crippen LogP contribution in [0.15, 0.2) is 110 Å². The second-order valence-corrected chi connectivity index (χ2v) is 21.9. The predicted octanol–water partition coefficient (Wildman–Crippen LogP) is 2.38. The van der Waals surface area contributed by atoms with Crippen molar-refractivity contribution >= 4 is 106 Å². The Bertz CT molecular complexity index is 3020. The molecule has 3 N–H and O–H groups in total. The van der Waals surface area contributed by atoms with E-state index in [9.17, 15) is 13.5 Å². The van der Waals surface area contributed by atoms with Gasteiger partial charge < -0.3 is 50.4 Å². The van der Waals surface area contributed by atoms with Gasteiger partial charge >= 0.3 is 103 Å². The first-order valence-corrected chi connectivity index (χ1v) is 25.8. The number of carbonyl (C=O) groups excluding carboxylic acids is 1. The Morgan fingerprint density at radius 1 is 0.725 bits per heavy atom. The molecule has 0 atom stereocenters. The van der Waals surface area contributed by atoms with Gasteiger partial charge in [0.1, 0.15) is 31.3 Å². The number of nitrogen functional groups attached to an aromatic ring is 1. The molecule has 0 fully saturated rings. The van der Waals surface area contributed by atoms with Crippen LogP contribution >= 0.6 is 49.1 Å². The number of anilines is 3. The van der Waals surface area contributed by atoms with Crippen molar-refractivity contribution in [2.75, 3.05) is 59.1 Å². The molecule has 8 rings (SSSR count). The standard InChI is InChI=1S/C21H21ClN5O2P.C13H10Cl2N4O.C8H12NOP.CH3F.CH2O3.2K.H/c1-29-15-10-8-14(9-11-15)12-27-13-23-18-19(25-21(22)26-20(18)27)24-16-6-4-5-7-17(16)30(2,3)28;1-20-9-4-2-8(3-5-9)6-19-7-16-10-11(14)17-13(15)18-12(10)19;1-11(2,10)8-6-4-3-5-7(8)9;1-2;2-1-4-3;;;/h4-11,13H,12H2,1-3H3,(H,24,25,26);2-5,7H,6H2,1H3;3-6H,9H2,1-2H3;1H3;1,3H;;;/q;;;;;2*+1;-1/p-1/i;;;1D;;;;. The van der Waals surface area contributed by atoms with Crippen molar-refractivity contribution in [2.45, 2.75) is 13.1 Å². The number of ether oxygens (including phenoxy) is 2. The number of aromatic nitrogens is 8. The fraction of sp³-hybridized carbons (Fsp3) is 0.205. The molecule has 4 heterocycles. The van der Waals surface area contributed by atoms with Gasteiger partial charge in [-0.15, -0.1) is 0 Å². The number of nitrogens with one attached hydrogen (secondary N) is 1. The molecule has 0 unspecified atom stereocenters. The van der Waals surface area contributed by atoms with Crippen molar-refractivity contribution in [3.8, 4) is 11.5 Å². The summed E-state index contributed by atoms with van der Waals surface area (Å²) in [5.74, 6) is 2.09. The van der Waals surface area contributed by atoms with Gasteiger partial charge in [-0.1, -0.05) is 60.1 Å². The van der Waals surface area contributed by atoms with E-state index in [4.69, 9.17) is 61.4 Å². The van der Waals surface area contributed by atoms with Crippen molar-refractivity contribution < 1.29 is 144 Å². The number of hydrogen-bond donors (Lipinski definition) is 2. The average Bonchev–Trinajstić information content (AvgIpc) is 3.90.